The Kier molecular flexibility index (Phi) is 19.1. The molecular formula is C73H83NO22. The molecule has 11 atom stereocenters. The highest BCUT2D eigenvalue weighted by molar-refractivity contribution is 6.14. The lowest BCUT2D eigenvalue weighted by Gasteiger charge is -2.67. The number of aliphatic hydroxyl groups is 4. The van der Waals surface area contributed by atoms with Crippen molar-refractivity contribution in [1.29, 1.82) is 0 Å². The average Bonchev–Trinajstić information content (AvgIpc) is 0.671. The number of nitrogens with one attached hydrogen (secondary N) is 1. The molecule has 1 heterocycles. The lowest BCUT2D eigenvalue weighted by molar-refractivity contribution is -0.346. The summed E-state index contributed by atoms with van der Waals surface area (Å²) in [5.74, 6) is -8.94. The third-order valence-corrected chi connectivity index (χ3v) is 19.8. The van der Waals surface area contributed by atoms with Gasteiger partial charge in [0.05, 0.1) is 46.8 Å². The standard InChI is InChI=1S/C43H53NO14.C30H30O8/c1-22-26(55-37(51)32(48)30(24-15-11-9-12-16-24)44-38(52)58-39(3,4)5)20-43(53)35(56-36(50)25-17-13-10-14-18-25)33-41(8,34(49)31(47)29(22)40(43,6)7)27(46)19-28-42(33,21-54-28)57-23(2)45;1-11(2)19-15-7-13(5)21(27(35)23(15)17(9-31)25(33)29(19)37)22-14(6)8-16-20(12(3)4)30(38)26(34)18(10-32)24(16)28(22)36/h9-18,26-28,30-33,35,46-48,53H,19-21H2,1-8H3,(H,44,52);7-12,33-38H,1-6H3/t26-,27-,28+,30-,31+,32?,33-,35-,41+,42-,43+;/m0./s1. The Labute approximate surface area is 553 Å². The summed E-state index contributed by atoms with van der Waals surface area (Å²) >= 11 is 0. The zero-order chi connectivity index (χ0) is 71.1. The summed E-state index contributed by atoms with van der Waals surface area (Å²) in [6, 6.07) is 17.9. The highest BCUT2D eigenvalue weighted by Gasteiger charge is 2.78. The van der Waals surface area contributed by atoms with Gasteiger partial charge in [0, 0.05) is 58.2 Å². The number of rotatable bonds is 13. The van der Waals surface area contributed by atoms with Crippen LogP contribution in [0.2, 0.25) is 0 Å². The monoisotopic (exact) mass is 1330 g/mol. The second kappa shape index (κ2) is 25.8. The molecule has 1 saturated heterocycles. The minimum atomic E-state index is -2.35. The number of benzene rings is 6. The van der Waals surface area contributed by atoms with Gasteiger partial charge < -0.3 is 80.1 Å². The van der Waals surface area contributed by atoms with Gasteiger partial charge in [-0.2, -0.15) is 0 Å². The van der Waals surface area contributed by atoms with Gasteiger partial charge in [-0.25, -0.2) is 14.4 Å². The van der Waals surface area contributed by atoms with Gasteiger partial charge in [-0.15, -0.1) is 0 Å². The van der Waals surface area contributed by atoms with Gasteiger partial charge in [-0.3, -0.25) is 19.2 Å². The molecule has 3 aliphatic carbocycles. The molecule has 23 nitrogen and oxygen atoms in total. The Morgan fingerprint density at radius 1 is 0.719 bits per heavy atom. The van der Waals surface area contributed by atoms with Gasteiger partial charge in [0.2, 0.25) is 0 Å². The van der Waals surface area contributed by atoms with E-state index in [9.17, 15) is 84.6 Å². The molecule has 1 amide bonds. The summed E-state index contributed by atoms with van der Waals surface area (Å²) in [5, 5.41) is 118. The number of carbonyl (C=O) groups is 7. The van der Waals surface area contributed by atoms with Gasteiger partial charge >= 0.3 is 24.0 Å². The molecule has 2 saturated carbocycles. The maximum absolute atomic E-state index is 14.9. The van der Waals surface area contributed by atoms with Crippen LogP contribution in [-0.4, -0.2) is 153 Å². The second-order valence-electron chi connectivity index (χ2n) is 27.8. The quantitative estimate of drug-likeness (QED) is 0.0168. The maximum atomic E-state index is 14.9. The number of hydrogen-bond donors (Lipinski definition) is 11. The third-order valence-electron chi connectivity index (χ3n) is 19.8. The molecule has 1 aliphatic heterocycles. The second-order valence-corrected chi connectivity index (χ2v) is 27.8. The van der Waals surface area contributed by atoms with Gasteiger partial charge in [0.25, 0.3) is 0 Å². The number of phenols is 6. The molecule has 10 rings (SSSR count). The molecule has 3 fully saturated rings. The smallest absolute Gasteiger partial charge is 0.408 e. The third kappa shape index (κ3) is 11.6. The van der Waals surface area contributed by atoms with Crippen LogP contribution in [0.25, 0.3) is 32.7 Å². The van der Waals surface area contributed by atoms with Crippen molar-refractivity contribution in [3.05, 3.63) is 128 Å². The van der Waals surface area contributed by atoms with Crippen LogP contribution in [0, 0.1) is 30.6 Å². The summed E-state index contributed by atoms with van der Waals surface area (Å²) in [5.41, 5.74) is -6.80. The van der Waals surface area contributed by atoms with E-state index in [1.165, 1.54) is 26.0 Å². The molecule has 0 radical (unpaired) electrons. The molecule has 2 bridgehead atoms. The molecule has 1 unspecified atom stereocenters. The molecule has 512 valence electrons. The van der Waals surface area contributed by atoms with Crippen molar-refractivity contribution in [3.63, 3.8) is 0 Å². The zero-order valence-corrected chi connectivity index (χ0v) is 55.8. The van der Waals surface area contributed by atoms with Crippen LogP contribution in [0.1, 0.15) is 173 Å². The first-order valence-corrected chi connectivity index (χ1v) is 31.5. The van der Waals surface area contributed by atoms with E-state index in [-0.39, 0.29) is 74.6 Å². The fourth-order valence-corrected chi connectivity index (χ4v) is 15.2. The summed E-state index contributed by atoms with van der Waals surface area (Å²) in [6.45, 7) is 22.3. The van der Waals surface area contributed by atoms with Crippen LogP contribution < -0.4 is 5.32 Å². The highest BCUT2D eigenvalue weighted by atomic mass is 16.6. The fourth-order valence-electron chi connectivity index (χ4n) is 15.2. The molecule has 11 N–H and O–H groups in total. The van der Waals surface area contributed by atoms with Crippen LogP contribution in [-0.2, 0) is 38.1 Å². The Bertz CT molecular complexity index is 4060. The normalized spacial score (nSPS) is 25.0. The number of aromatic hydroxyl groups is 6. The van der Waals surface area contributed by atoms with Crippen LogP contribution in [0.4, 0.5) is 4.79 Å². The first kappa shape index (κ1) is 71.2. The van der Waals surface area contributed by atoms with Crippen LogP contribution >= 0.6 is 0 Å². The van der Waals surface area contributed by atoms with E-state index in [0.29, 0.717) is 51.2 Å². The van der Waals surface area contributed by atoms with Crippen molar-refractivity contribution < 1.29 is 108 Å². The fraction of sp³-hybridized carbons (Fsp3) is 0.438. The molecule has 0 spiro atoms. The summed E-state index contributed by atoms with van der Waals surface area (Å²) in [7, 11) is 0. The SMILES string of the molecule is CC(=O)O[C@@]12CO[C@@H]1C[C@H](O)[C@@]1(C)C(=O)[C@H](O)C3=C(C)[C@@H](OC(=O)C(O)[C@@H](NC(=O)OC(C)(C)C)c4ccccc4)C[C@@](O)([C@@H](OC(=O)c4ccccc4)[C@H]21)C3(C)C.Cc1cc2c(C(C)C)c(O)c(O)c(C=O)c2c(O)c1-c1c(C)cc2c(C(C)C)c(O)c(O)c(C=O)c2c1O. The predicted octanol–water partition coefficient (Wildman–Crippen LogP) is 9.64. The number of aliphatic hydroxyl groups excluding tert-OH is 3. The number of Topliss-reactive ketones (excluding diaryl/α,β-unsaturated/α-hetero) is 1. The van der Waals surface area contributed by atoms with Crippen LogP contribution in [0.5, 0.6) is 34.5 Å². The van der Waals surface area contributed by atoms with E-state index in [4.69, 9.17) is 23.7 Å². The Morgan fingerprint density at radius 3 is 1.65 bits per heavy atom. The number of aryl methyl sites for hydroxylation is 2. The minimum Gasteiger partial charge on any atom is -0.507 e. The zero-order valence-electron chi connectivity index (χ0n) is 55.8. The van der Waals surface area contributed by atoms with E-state index in [2.05, 4.69) is 5.32 Å². The Morgan fingerprint density at radius 2 is 1.21 bits per heavy atom. The number of fused-ring (bicyclic) bond motifs is 7. The number of ketones is 1. The number of hydrogen-bond acceptors (Lipinski definition) is 22. The molecule has 23 heteroatoms. The summed E-state index contributed by atoms with van der Waals surface area (Å²) in [6.07, 6.45) is -10.8. The van der Waals surface area contributed by atoms with Gasteiger partial charge in [-0.1, -0.05) is 102 Å². The average molecular weight is 1330 g/mol. The molecule has 0 aromatic heterocycles. The number of alkyl carbamates (subject to hydrolysis) is 1. The van der Waals surface area contributed by atoms with Crippen molar-refractivity contribution in [3.8, 4) is 45.6 Å². The Balaban J connectivity index is 0.000000246. The predicted molar refractivity (Wildman–Crippen MR) is 349 cm³/mol. The summed E-state index contributed by atoms with van der Waals surface area (Å²) < 4.78 is 29.5. The Hall–Kier alpha value is -9.13. The van der Waals surface area contributed by atoms with E-state index in [1.54, 1.807) is 137 Å². The summed E-state index contributed by atoms with van der Waals surface area (Å²) in [4.78, 5) is 92.9. The number of carbonyl (C=O) groups excluding carboxylic acids is 7. The molecule has 6 aromatic rings. The number of aldehydes is 2. The molecular weight excluding hydrogens is 1240 g/mol. The van der Waals surface area contributed by atoms with Gasteiger partial charge in [0.15, 0.2) is 53.1 Å². The maximum Gasteiger partial charge on any atom is 0.408 e. The van der Waals surface area contributed by atoms with Crippen molar-refractivity contribution >= 4 is 63.9 Å². The van der Waals surface area contributed by atoms with Crippen LogP contribution in [0.15, 0.2) is 83.9 Å². The number of phenolic OH excluding ortho intramolecular Hbond substituents is 6. The molecule has 4 aliphatic rings. The van der Waals surface area contributed by atoms with Crippen molar-refractivity contribution in [2.24, 2.45) is 16.7 Å². The highest BCUT2D eigenvalue weighted by Crippen LogP contribution is 2.65. The minimum absolute atomic E-state index is 0.00512. The first-order chi connectivity index (χ1) is 44.8. The lowest BCUT2D eigenvalue weighted by atomic mass is 9.44. The number of esters is 3. The van der Waals surface area contributed by atoms with Crippen molar-refractivity contribution in [1.82, 2.24) is 5.32 Å². The number of ether oxygens (including phenoxy) is 5. The van der Waals surface area contributed by atoms with Crippen molar-refractivity contribution in [2.45, 2.75) is 181 Å². The van der Waals surface area contributed by atoms with E-state index >= 15 is 0 Å². The van der Waals surface area contributed by atoms with Crippen molar-refractivity contribution in [2.75, 3.05) is 6.61 Å². The van der Waals surface area contributed by atoms with Crippen LogP contribution in [0.3, 0.4) is 0 Å². The topological polar surface area (TPSA) is 380 Å². The lowest BCUT2D eigenvalue weighted by Crippen LogP contribution is -2.81. The van der Waals surface area contributed by atoms with E-state index in [0.717, 1.165) is 6.92 Å². The van der Waals surface area contributed by atoms with E-state index in [1.807, 2.05) is 0 Å². The first-order valence-electron chi connectivity index (χ1n) is 31.5. The largest absolute Gasteiger partial charge is 0.507 e. The molecule has 96 heavy (non-hydrogen) atoms. The van der Waals surface area contributed by atoms with Gasteiger partial charge in [0.1, 0.15) is 47.1 Å². The van der Waals surface area contributed by atoms with E-state index < -0.39 is 147 Å². The van der Waals surface area contributed by atoms with Gasteiger partial charge in [-0.05, 0) is 111 Å². The number of amides is 1. The molecule has 6 aromatic carbocycles.